The molecule has 0 spiro atoms. The summed E-state index contributed by atoms with van der Waals surface area (Å²) in [6, 6.07) is 4.17. The van der Waals surface area contributed by atoms with E-state index in [1.807, 2.05) is 18.5 Å². The van der Waals surface area contributed by atoms with E-state index in [9.17, 15) is 0 Å². The topological polar surface area (TPSA) is 103 Å². The zero-order valence-electron chi connectivity index (χ0n) is 16.0. The molecule has 0 saturated heterocycles. The first kappa shape index (κ1) is 18.3. The highest BCUT2D eigenvalue weighted by Crippen LogP contribution is 2.34. The first-order chi connectivity index (χ1) is 13.7. The molecule has 0 aliphatic heterocycles. The Balaban J connectivity index is 1.67. The van der Waals surface area contributed by atoms with E-state index in [-0.39, 0.29) is 6.61 Å². The van der Waals surface area contributed by atoms with E-state index >= 15 is 0 Å². The Bertz CT molecular complexity index is 1020. The number of anilines is 1. The lowest BCUT2D eigenvalue weighted by molar-refractivity contribution is 0.269. The van der Waals surface area contributed by atoms with Crippen molar-refractivity contribution < 1.29 is 5.11 Å². The van der Waals surface area contributed by atoms with Gasteiger partial charge in [-0.2, -0.15) is 5.10 Å². The molecule has 3 aromatic heterocycles. The van der Waals surface area contributed by atoms with Crippen molar-refractivity contribution in [3.63, 3.8) is 0 Å². The zero-order valence-corrected chi connectivity index (χ0v) is 16.0. The maximum Gasteiger partial charge on any atom is 0.220 e. The molecule has 1 aliphatic carbocycles. The van der Waals surface area contributed by atoms with E-state index in [1.165, 1.54) is 0 Å². The molecule has 7 heteroatoms. The lowest BCUT2D eigenvalue weighted by Gasteiger charge is -2.09. The fourth-order valence-electron chi connectivity index (χ4n) is 3.48. The molecule has 0 saturated carbocycles. The van der Waals surface area contributed by atoms with Crippen LogP contribution < -0.4 is 5.73 Å². The molecule has 7 nitrogen and oxygen atoms in total. The van der Waals surface area contributed by atoms with Crippen LogP contribution in [0.4, 0.5) is 5.95 Å². The third-order valence-corrected chi connectivity index (χ3v) is 4.91. The Morgan fingerprint density at radius 1 is 1.18 bits per heavy atom. The number of unbranched alkanes of at least 4 members (excludes halogenated alkanes) is 1. The molecule has 0 aromatic carbocycles. The molecule has 0 radical (unpaired) electrons. The molecular formula is C21H24N6O. The zero-order chi connectivity index (χ0) is 19.5. The minimum absolute atomic E-state index is 0.0615. The molecule has 3 heterocycles. The van der Waals surface area contributed by atoms with Crippen LogP contribution in [-0.2, 0) is 19.4 Å². The molecular weight excluding hydrogens is 352 g/mol. The minimum Gasteiger partial charge on any atom is -0.394 e. The number of hydrogen-bond donors (Lipinski definition) is 2. The van der Waals surface area contributed by atoms with Crippen molar-refractivity contribution in [2.45, 2.75) is 39.2 Å². The predicted molar refractivity (Wildman–Crippen MR) is 108 cm³/mol. The van der Waals surface area contributed by atoms with Gasteiger partial charge in [0.05, 0.1) is 30.7 Å². The summed E-state index contributed by atoms with van der Waals surface area (Å²) >= 11 is 0. The van der Waals surface area contributed by atoms with Crippen molar-refractivity contribution in [3.8, 4) is 11.1 Å². The van der Waals surface area contributed by atoms with Crippen LogP contribution in [0.25, 0.3) is 16.7 Å². The maximum atomic E-state index is 9.08. The van der Waals surface area contributed by atoms with Crippen molar-refractivity contribution in [1.29, 1.82) is 0 Å². The van der Waals surface area contributed by atoms with Crippen LogP contribution in [-0.4, -0.2) is 36.4 Å². The average molecular weight is 376 g/mol. The number of nitrogen functional groups attached to an aromatic ring is 1. The highest BCUT2D eigenvalue weighted by Gasteiger charge is 2.20. The lowest BCUT2D eigenvalue weighted by atomic mass is 10.0. The molecule has 28 heavy (non-hydrogen) atoms. The summed E-state index contributed by atoms with van der Waals surface area (Å²) in [6.45, 7) is 2.70. The van der Waals surface area contributed by atoms with Crippen LogP contribution in [0.2, 0.25) is 0 Å². The normalized spacial score (nSPS) is 12.9. The van der Waals surface area contributed by atoms with Crippen molar-refractivity contribution in [2.24, 2.45) is 0 Å². The molecule has 4 rings (SSSR count). The van der Waals surface area contributed by atoms with Gasteiger partial charge in [-0.15, -0.1) is 0 Å². The quantitative estimate of drug-likeness (QED) is 0.657. The van der Waals surface area contributed by atoms with Gasteiger partial charge in [-0.1, -0.05) is 19.4 Å². The number of aryl methyl sites for hydroxylation is 1. The second kappa shape index (κ2) is 7.90. The third-order valence-electron chi connectivity index (χ3n) is 4.91. The molecule has 1 aliphatic rings. The van der Waals surface area contributed by atoms with Crippen LogP contribution in [0.3, 0.4) is 0 Å². The molecule has 0 atom stereocenters. The third kappa shape index (κ3) is 3.66. The van der Waals surface area contributed by atoms with Crippen molar-refractivity contribution >= 4 is 11.5 Å². The van der Waals surface area contributed by atoms with Crippen LogP contribution in [0.15, 0.2) is 36.8 Å². The number of allylic oxidation sites excluding steroid dienone is 1. The second-order valence-corrected chi connectivity index (χ2v) is 6.96. The Labute approximate surface area is 164 Å². The van der Waals surface area contributed by atoms with Crippen molar-refractivity contribution in [2.75, 3.05) is 12.3 Å². The number of nitrogens with two attached hydrogens (primary N) is 1. The molecule has 3 N–H and O–H groups in total. The lowest BCUT2D eigenvalue weighted by Crippen LogP contribution is -2.03. The van der Waals surface area contributed by atoms with E-state index in [0.717, 1.165) is 65.0 Å². The number of fused-ring (bicyclic) bond motifs is 1. The summed E-state index contributed by atoms with van der Waals surface area (Å²) in [5.41, 5.74) is 12.9. The monoisotopic (exact) mass is 376 g/mol. The largest absolute Gasteiger partial charge is 0.394 e. The van der Waals surface area contributed by atoms with Gasteiger partial charge in [-0.05, 0) is 25.0 Å². The van der Waals surface area contributed by atoms with E-state index in [4.69, 9.17) is 10.8 Å². The number of aliphatic hydroxyl groups excluding tert-OH is 1. The van der Waals surface area contributed by atoms with E-state index in [2.05, 4.69) is 39.1 Å². The summed E-state index contributed by atoms with van der Waals surface area (Å²) in [6.07, 6.45) is 11.6. The number of nitrogens with zero attached hydrogens (tertiary/aromatic N) is 5. The molecule has 144 valence electrons. The van der Waals surface area contributed by atoms with E-state index in [1.54, 1.807) is 10.9 Å². The molecule has 0 fully saturated rings. The standard InChI is InChI=1S/C21H24N6O/c1-2-3-4-16-10-20(26-21(22)25-16)17-5-6-19-18(17)9-14(11-23-19)15-12-24-27(13-15)7-8-28/h5,9-13,28H,2-4,6-8H2,1H3,(H2,22,25,26). The number of rotatable bonds is 7. The van der Waals surface area contributed by atoms with E-state index < -0.39 is 0 Å². The SMILES string of the molecule is CCCCc1cc(C2=CCc3ncc(-c4cnn(CCO)c4)cc32)nc(N)n1. The smallest absolute Gasteiger partial charge is 0.220 e. The van der Waals surface area contributed by atoms with Crippen LogP contribution in [0.5, 0.6) is 0 Å². The first-order valence-electron chi connectivity index (χ1n) is 9.65. The van der Waals surface area contributed by atoms with Gasteiger partial charge in [-0.25, -0.2) is 9.97 Å². The Morgan fingerprint density at radius 3 is 2.89 bits per heavy atom. The maximum absolute atomic E-state index is 9.08. The average Bonchev–Trinajstić information content (AvgIpc) is 3.32. The van der Waals surface area contributed by atoms with Gasteiger partial charge in [-0.3, -0.25) is 9.67 Å². The number of aliphatic hydroxyl groups is 1. The van der Waals surface area contributed by atoms with Gasteiger partial charge in [0.25, 0.3) is 0 Å². The van der Waals surface area contributed by atoms with Crippen LogP contribution in [0.1, 0.15) is 42.4 Å². The van der Waals surface area contributed by atoms with E-state index in [0.29, 0.717) is 12.5 Å². The van der Waals surface area contributed by atoms with Gasteiger partial charge in [0.15, 0.2) is 0 Å². The molecule has 3 aromatic rings. The molecule has 0 unspecified atom stereocenters. The molecule has 0 bridgehead atoms. The summed E-state index contributed by atoms with van der Waals surface area (Å²) in [5.74, 6) is 0.312. The highest BCUT2D eigenvalue weighted by molar-refractivity contribution is 5.84. The van der Waals surface area contributed by atoms with Crippen molar-refractivity contribution in [1.82, 2.24) is 24.7 Å². The summed E-state index contributed by atoms with van der Waals surface area (Å²) in [7, 11) is 0. The van der Waals surface area contributed by atoms with Gasteiger partial charge >= 0.3 is 0 Å². The predicted octanol–water partition coefficient (Wildman–Crippen LogP) is 2.64. The summed E-state index contributed by atoms with van der Waals surface area (Å²) in [4.78, 5) is 13.5. The summed E-state index contributed by atoms with van der Waals surface area (Å²) in [5, 5.41) is 13.4. The minimum atomic E-state index is 0.0615. The number of hydrogen-bond acceptors (Lipinski definition) is 6. The fourth-order valence-corrected chi connectivity index (χ4v) is 3.48. The first-order valence-corrected chi connectivity index (χ1v) is 9.65. The van der Waals surface area contributed by atoms with Gasteiger partial charge in [0.1, 0.15) is 0 Å². The van der Waals surface area contributed by atoms with Gasteiger partial charge in [0.2, 0.25) is 5.95 Å². The fraction of sp³-hybridized carbons (Fsp3) is 0.333. The Morgan fingerprint density at radius 2 is 2.07 bits per heavy atom. The summed E-state index contributed by atoms with van der Waals surface area (Å²) < 4.78 is 1.73. The Hall–Kier alpha value is -3.06. The number of aromatic nitrogens is 5. The highest BCUT2D eigenvalue weighted by atomic mass is 16.3. The van der Waals surface area contributed by atoms with Crippen LogP contribution in [0, 0.1) is 0 Å². The van der Waals surface area contributed by atoms with Crippen molar-refractivity contribution in [3.05, 3.63) is 59.4 Å². The van der Waals surface area contributed by atoms with Gasteiger partial charge in [0, 0.05) is 46.8 Å². The Kier molecular flexibility index (Phi) is 5.16. The number of pyridine rings is 1. The van der Waals surface area contributed by atoms with Gasteiger partial charge < -0.3 is 10.8 Å². The molecule has 0 amide bonds. The second-order valence-electron chi connectivity index (χ2n) is 6.96. The van der Waals surface area contributed by atoms with Crippen LogP contribution >= 0.6 is 0 Å².